The number of aromatic hydroxyl groups is 1. The summed E-state index contributed by atoms with van der Waals surface area (Å²) >= 11 is 0. The number of phenols is 1. The van der Waals surface area contributed by atoms with E-state index in [4.69, 9.17) is 20.6 Å². The molecule has 6 heteroatoms. The predicted molar refractivity (Wildman–Crippen MR) is 54.2 cm³/mol. The second-order valence-electron chi connectivity index (χ2n) is 2.57. The van der Waals surface area contributed by atoms with Crippen LogP contribution in [0, 0.1) is 0 Å². The van der Waals surface area contributed by atoms with E-state index in [2.05, 4.69) is 0 Å². The number of rotatable bonds is 0. The molecule has 0 saturated carbocycles. The van der Waals surface area contributed by atoms with Crippen LogP contribution in [0.25, 0.3) is 26.9 Å². The maximum Gasteiger partial charge on any atom is 0.336 e. The fourth-order valence-electron chi connectivity index (χ4n) is 1.05. The highest BCUT2D eigenvalue weighted by molar-refractivity contribution is 5.77. The molecule has 76 valence electrons. The van der Waals surface area contributed by atoms with Gasteiger partial charge in [0.15, 0.2) is 0 Å². The Morgan fingerprint density at radius 1 is 1.20 bits per heavy atom. The Balaban J connectivity index is 0.000000337. The smallest absolute Gasteiger partial charge is 0.336 e. The molecule has 0 radical (unpaired) electrons. The summed E-state index contributed by atoms with van der Waals surface area (Å²) in [4.78, 5) is 12.2. The number of benzene rings is 1. The molecule has 1 N–H and O–H groups in total. The number of fused-ring (bicyclic) bond motifs is 1. The molecular formula is C9H6N3O3-. The molecule has 0 spiro atoms. The molecule has 0 bridgehead atoms. The lowest BCUT2D eigenvalue weighted by Crippen LogP contribution is -1.93. The summed E-state index contributed by atoms with van der Waals surface area (Å²) in [6, 6.07) is 7.65. The topological polar surface area (TPSA) is 109 Å². The van der Waals surface area contributed by atoms with Gasteiger partial charge >= 0.3 is 5.63 Å². The molecule has 1 aromatic heterocycles. The molecule has 0 fully saturated rings. The van der Waals surface area contributed by atoms with Gasteiger partial charge in [-0.05, 0) is 18.2 Å². The van der Waals surface area contributed by atoms with Gasteiger partial charge in [-0.2, -0.15) is 0 Å². The normalized spacial score (nSPS) is 8.80. The minimum Gasteiger partial charge on any atom is -0.508 e. The van der Waals surface area contributed by atoms with Crippen LogP contribution in [-0.4, -0.2) is 5.11 Å². The van der Waals surface area contributed by atoms with Gasteiger partial charge in [-0.25, -0.2) is 4.79 Å². The SMILES string of the molecule is O=c1ccc2ccc(O)cc2o1.[N-]=[N+]=[N-]. The van der Waals surface area contributed by atoms with Crippen molar-refractivity contribution in [1.29, 1.82) is 0 Å². The lowest BCUT2D eigenvalue weighted by molar-refractivity contribution is 0.473. The van der Waals surface area contributed by atoms with Crippen LogP contribution in [0.15, 0.2) is 39.5 Å². The van der Waals surface area contributed by atoms with Crippen LogP contribution in [0.5, 0.6) is 5.75 Å². The summed E-state index contributed by atoms with van der Waals surface area (Å²) in [6.07, 6.45) is 0. The van der Waals surface area contributed by atoms with Gasteiger partial charge in [-0.15, -0.1) is 0 Å². The van der Waals surface area contributed by atoms with Crippen molar-refractivity contribution in [2.24, 2.45) is 0 Å². The summed E-state index contributed by atoms with van der Waals surface area (Å²) < 4.78 is 4.83. The second kappa shape index (κ2) is 4.69. The van der Waals surface area contributed by atoms with E-state index >= 15 is 0 Å². The maximum absolute atomic E-state index is 10.7. The minimum absolute atomic E-state index is 0.0943. The molecule has 0 aliphatic rings. The fraction of sp³-hybridized carbons (Fsp3) is 0. The number of phenolic OH excluding ortho intramolecular Hbond substituents is 1. The van der Waals surface area contributed by atoms with Gasteiger partial charge in [-0.3, -0.25) is 4.91 Å². The van der Waals surface area contributed by atoms with E-state index in [1.165, 1.54) is 17.0 Å². The van der Waals surface area contributed by atoms with Crippen LogP contribution in [0.2, 0.25) is 0 Å². The van der Waals surface area contributed by atoms with E-state index < -0.39 is 5.63 Å². The Kier molecular flexibility index (Phi) is 3.32. The fourth-order valence-corrected chi connectivity index (χ4v) is 1.05. The minimum atomic E-state index is -0.409. The third-order valence-corrected chi connectivity index (χ3v) is 1.61. The Morgan fingerprint density at radius 3 is 2.47 bits per heavy atom. The van der Waals surface area contributed by atoms with Crippen LogP contribution in [-0.2, 0) is 0 Å². The molecule has 2 aromatic rings. The van der Waals surface area contributed by atoms with Crippen molar-refractivity contribution >= 4 is 11.0 Å². The van der Waals surface area contributed by atoms with E-state index in [-0.39, 0.29) is 5.75 Å². The molecular weight excluding hydrogens is 198 g/mol. The van der Waals surface area contributed by atoms with E-state index in [1.54, 1.807) is 18.2 Å². The predicted octanol–water partition coefficient (Wildman–Crippen LogP) is 2.36. The highest BCUT2D eigenvalue weighted by atomic mass is 16.4. The standard InChI is InChI=1S/C9H6O3.N3/c10-7-3-1-6-2-4-9(11)12-8(6)5-7;1-3-2/h1-5,10H;/q;-1. The number of hydrogen-bond acceptors (Lipinski definition) is 3. The molecule has 0 aliphatic heterocycles. The van der Waals surface area contributed by atoms with Crippen LogP contribution in [0.4, 0.5) is 0 Å². The van der Waals surface area contributed by atoms with Gasteiger partial charge in [0.2, 0.25) is 0 Å². The third-order valence-electron chi connectivity index (χ3n) is 1.61. The highest BCUT2D eigenvalue weighted by Gasteiger charge is 1.96. The Hall–Kier alpha value is -2.46. The molecule has 1 aromatic carbocycles. The van der Waals surface area contributed by atoms with E-state index in [9.17, 15) is 4.79 Å². The first-order valence-electron chi connectivity index (χ1n) is 3.88. The Bertz CT molecular complexity index is 556. The summed E-state index contributed by atoms with van der Waals surface area (Å²) in [5.74, 6) is 0.0943. The number of nitrogens with zero attached hydrogens (tertiary/aromatic N) is 3. The van der Waals surface area contributed by atoms with E-state index in [1.807, 2.05) is 0 Å². The van der Waals surface area contributed by atoms with Crippen molar-refractivity contribution in [2.45, 2.75) is 0 Å². The van der Waals surface area contributed by atoms with Gasteiger partial charge in [0.25, 0.3) is 0 Å². The molecule has 0 atom stereocenters. The third kappa shape index (κ3) is 2.75. The Morgan fingerprint density at radius 2 is 1.80 bits per heavy atom. The molecule has 2 rings (SSSR count). The quantitative estimate of drug-likeness (QED) is 0.307. The van der Waals surface area contributed by atoms with Gasteiger partial charge < -0.3 is 20.6 Å². The molecule has 0 saturated heterocycles. The molecule has 6 nitrogen and oxygen atoms in total. The molecule has 1 heterocycles. The molecule has 15 heavy (non-hydrogen) atoms. The van der Waals surface area contributed by atoms with Gasteiger partial charge in [-0.1, -0.05) is 0 Å². The summed E-state index contributed by atoms with van der Waals surface area (Å²) in [7, 11) is 0. The van der Waals surface area contributed by atoms with Crippen molar-refractivity contribution in [3.05, 3.63) is 56.7 Å². The zero-order chi connectivity index (χ0) is 11.3. The first-order chi connectivity index (χ1) is 7.17. The molecule has 0 amide bonds. The van der Waals surface area contributed by atoms with Crippen LogP contribution in [0.1, 0.15) is 0 Å². The molecule has 0 aliphatic carbocycles. The maximum atomic E-state index is 10.7. The number of hydrogen-bond donors (Lipinski definition) is 1. The lowest BCUT2D eigenvalue weighted by Gasteiger charge is -1.94. The van der Waals surface area contributed by atoms with Crippen LogP contribution < -0.4 is 5.63 Å². The van der Waals surface area contributed by atoms with E-state index in [0.29, 0.717) is 5.58 Å². The lowest BCUT2D eigenvalue weighted by atomic mass is 10.2. The first-order valence-corrected chi connectivity index (χ1v) is 3.88. The zero-order valence-electron chi connectivity index (χ0n) is 7.49. The van der Waals surface area contributed by atoms with Gasteiger partial charge in [0, 0.05) is 17.5 Å². The van der Waals surface area contributed by atoms with Crippen molar-refractivity contribution in [1.82, 2.24) is 0 Å². The van der Waals surface area contributed by atoms with Gasteiger partial charge in [0.1, 0.15) is 11.3 Å². The average Bonchev–Trinajstić information content (AvgIpc) is 2.18. The van der Waals surface area contributed by atoms with Gasteiger partial charge in [0.05, 0.1) is 0 Å². The monoisotopic (exact) mass is 204 g/mol. The molecule has 0 unspecified atom stereocenters. The second-order valence-corrected chi connectivity index (χ2v) is 2.57. The average molecular weight is 204 g/mol. The van der Waals surface area contributed by atoms with Crippen molar-refractivity contribution in [3.63, 3.8) is 0 Å². The summed E-state index contributed by atoms with van der Waals surface area (Å²) in [5, 5.41) is 9.86. The largest absolute Gasteiger partial charge is 0.508 e. The van der Waals surface area contributed by atoms with Crippen LogP contribution in [0.3, 0.4) is 0 Å². The van der Waals surface area contributed by atoms with Crippen molar-refractivity contribution < 1.29 is 9.52 Å². The highest BCUT2D eigenvalue weighted by Crippen LogP contribution is 2.17. The zero-order valence-corrected chi connectivity index (χ0v) is 7.49. The van der Waals surface area contributed by atoms with E-state index in [0.717, 1.165) is 5.39 Å². The van der Waals surface area contributed by atoms with Crippen molar-refractivity contribution in [2.75, 3.05) is 0 Å². The summed E-state index contributed by atoms with van der Waals surface area (Å²) in [5.41, 5.74) is 13.5. The Labute approximate surface area is 83.8 Å². The summed E-state index contributed by atoms with van der Waals surface area (Å²) in [6.45, 7) is 0. The van der Waals surface area contributed by atoms with Crippen molar-refractivity contribution in [3.8, 4) is 5.75 Å². The first kappa shape index (κ1) is 10.6. The van der Waals surface area contributed by atoms with Crippen LogP contribution >= 0.6 is 0 Å².